The van der Waals surface area contributed by atoms with Gasteiger partial charge in [0.1, 0.15) is 17.3 Å². The number of phenols is 1. The molecule has 0 aromatic heterocycles. The van der Waals surface area contributed by atoms with Gasteiger partial charge in [0, 0.05) is 23.3 Å². The first-order chi connectivity index (χ1) is 12.7. The van der Waals surface area contributed by atoms with Crippen LogP contribution in [-0.2, 0) is 15.6 Å². The van der Waals surface area contributed by atoms with Gasteiger partial charge in [-0.1, -0.05) is 53.4 Å². The number of Topliss-reactive ketones (excluding diaryl/α,β-unsaturated/α-hetero) is 1. The van der Waals surface area contributed by atoms with Gasteiger partial charge in [0.05, 0.1) is 7.11 Å². The third-order valence-electron chi connectivity index (χ3n) is 8.42. The van der Waals surface area contributed by atoms with Gasteiger partial charge in [-0.3, -0.25) is 4.79 Å². The van der Waals surface area contributed by atoms with Crippen LogP contribution in [0.5, 0.6) is 11.5 Å². The van der Waals surface area contributed by atoms with Crippen LogP contribution in [0.3, 0.4) is 0 Å². The number of methoxy groups -OCH3 is 1. The second-order valence-corrected chi connectivity index (χ2v) is 10.0. The van der Waals surface area contributed by atoms with Crippen molar-refractivity contribution in [1.82, 2.24) is 0 Å². The summed E-state index contributed by atoms with van der Waals surface area (Å²) in [6.07, 6.45) is 7.64. The highest BCUT2D eigenvalue weighted by atomic mass is 16.5. The number of rotatable bonds is 8. The maximum absolute atomic E-state index is 12.4. The Kier molecular flexibility index (Phi) is 4.18. The lowest BCUT2D eigenvalue weighted by Crippen LogP contribution is -2.31. The lowest BCUT2D eigenvalue weighted by molar-refractivity contribution is -0.126. The number of unbranched alkanes of at least 4 members (excludes halogenated alkanes) is 3. The van der Waals surface area contributed by atoms with E-state index in [0.29, 0.717) is 23.9 Å². The summed E-state index contributed by atoms with van der Waals surface area (Å²) < 4.78 is 5.79. The molecule has 0 heterocycles. The van der Waals surface area contributed by atoms with Gasteiger partial charge >= 0.3 is 0 Å². The fourth-order valence-corrected chi connectivity index (χ4v) is 6.59. The number of ether oxygens (including phenoxy) is 1. The smallest absolute Gasteiger partial charge is 0.137 e. The van der Waals surface area contributed by atoms with Gasteiger partial charge in [0.2, 0.25) is 0 Å². The molecule has 3 saturated carbocycles. The lowest BCUT2D eigenvalue weighted by Gasteiger charge is -2.30. The first-order valence-corrected chi connectivity index (χ1v) is 10.7. The summed E-state index contributed by atoms with van der Waals surface area (Å²) in [7, 11) is 1.69. The summed E-state index contributed by atoms with van der Waals surface area (Å²) >= 11 is 0. The average molecular weight is 371 g/mol. The van der Waals surface area contributed by atoms with E-state index in [1.54, 1.807) is 7.11 Å². The van der Waals surface area contributed by atoms with Crippen molar-refractivity contribution in [2.24, 2.45) is 17.3 Å². The van der Waals surface area contributed by atoms with Crippen molar-refractivity contribution in [3.63, 3.8) is 0 Å². The number of aromatic hydroxyl groups is 1. The van der Waals surface area contributed by atoms with E-state index in [1.807, 2.05) is 6.07 Å². The maximum Gasteiger partial charge on any atom is 0.137 e. The van der Waals surface area contributed by atoms with Crippen LogP contribution >= 0.6 is 0 Å². The number of phenolic OH excluding ortho intramolecular Hbond substituents is 1. The average Bonchev–Trinajstić information content (AvgIpc) is 2.92. The Morgan fingerprint density at radius 3 is 2.56 bits per heavy atom. The zero-order valence-corrected chi connectivity index (χ0v) is 17.5. The van der Waals surface area contributed by atoms with E-state index in [2.05, 4.69) is 33.8 Å². The highest BCUT2D eigenvalue weighted by molar-refractivity contribution is 5.93. The first-order valence-electron chi connectivity index (χ1n) is 10.7. The number of hydrogen-bond donors (Lipinski definition) is 1. The third kappa shape index (κ3) is 2.29. The van der Waals surface area contributed by atoms with Crippen molar-refractivity contribution in [3.8, 4) is 11.5 Å². The molecule has 1 aromatic rings. The molecule has 1 aromatic carbocycles. The number of ketones is 1. The largest absolute Gasteiger partial charge is 0.507 e. The van der Waals surface area contributed by atoms with Gasteiger partial charge in [0.15, 0.2) is 0 Å². The Hall–Kier alpha value is -1.51. The summed E-state index contributed by atoms with van der Waals surface area (Å²) in [5, 5.41) is 11.1. The van der Waals surface area contributed by atoms with E-state index in [0.717, 1.165) is 29.7 Å². The molecule has 1 N–H and O–H groups in total. The molecule has 3 nitrogen and oxygen atoms in total. The number of benzene rings is 1. The molecule has 0 aliphatic heterocycles. The van der Waals surface area contributed by atoms with E-state index < -0.39 is 0 Å². The maximum atomic E-state index is 12.4. The summed E-state index contributed by atoms with van der Waals surface area (Å²) in [5.41, 5.74) is 1.89. The van der Waals surface area contributed by atoms with Crippen LogP contribution in [-0.4, -0.2) is 18.0 Å². The molecule has 4 rings (SSSR count). The fourth-order valence-electron chi connectivity index (χ4n) is 6.59. The van der Waals surface area contributed by atoms with Crippen LogP contribution in [0.15, 0.2) is 12.1 Å². The first kappa shape index (κ1) is 18.8. The molecule has 3 fully saturated rings. The predicted octanol–water partition coefficient (Wildman–Crippen LogP) is 5.52. The van der Waals surface area contributed by atoms with Crippen molar-refractivity contribution < 1.29 is 14.6 Å². The molecule has 3 heteroatoms. The van der Waals surface area contributed by atoms with Crippen molar-refractivity contribution >= 4 is 5.78 Å². The number of carbonyl (C=O) groups excluding carboxylic acids is 1. The van der Waals surface area contributed by atoms with Gasteiger partial charge in [0.25, 0.3) is 0 Å². The molecule has 3 aliphatic carbocycles. The minimum atomic E-state index is -0.187. The summed E-state index contributed by atoms with van der Waals surface area (Å²) in [5.74, 6) is 2.20. The van der Waals surface area contributed by atoms with Crippen LogP contribution in [0.25, 0.3) is 0 Å². The van der Waals surface area contributed by atoms with E-state index in [-0.39, 0.29) is 22.2 Å². The predicted molar refractivity (Wildman–Crippen MR) is 107 cm³/mol. The van der Waals surface area contributed by atoms with Crippen LogP contribution in [0, 0.1) is 17.3 Å². The van der Waals surface area contributed by atoms with Crippen LogP contribution in [0.4, 0.5) is 0 Å². The Morgan fingerprint density at radius 1 is 1.26 bits per heavy atom. The highest BCUT2D eigenvalue weighted by Gasteiger charge is 2.89. The molecule has 0 amide bonds. The Labute approximate surface area is 163 Å². The standard InChI is InChI=1S/C24H34O3/c1-6-7-8-9-10-22(2,3)15-11-17(25)21(19(12-15)27-5)24-14-18(26)16-13-20(24)23(16,24)4/h11-12,16,20,25H,6-10,13-14H2,1-5H3/t16-,20-,23?,24+/m1/s1. The van der Waals surface area contributed by atoms with E-state index in [4.69, 9.17) is 4.74 Å². The molecule has 148 valence electrons. The SMILES string of the molecule is CCCCCCC(C)(C)c1cc(O)c([C@]23CC(=O)[C@H]4C[C@@H]2C43C)c(OC)c1. The molecule has 0 spiro atoms. The molecule has 1 unspecified atom stereocenters. The zero-order valence-electron chi connectivity index (χ0n) is 17.5. The molecule has 0 radical (unpaired) electrons. The second kappa shape index (κ2) is 5.99. The Morgan fingerprint density at radius 2 is 2.00 bits per heavy atom. The number of carbonyl (C=O) groups is 1. The summed E-state index contributed by atoms with van der Waals surface area (Å²) in [6, 6.07) is 4.08. The van der Waals surface area contributed by atoms with Crippen molar-refractivity contribution in [3.05, 3.63) is 23.3 Å². The van der Waals surface area contributed by atoms with Gasteiger partial charge < -0.3 is 9.84 Å². The van der Waals surface area contributed by atoms with Crippen LogP contribution in [0.1, 0.15) is 83.8 Å². The molecule has 27 heavy (non-hydrogen) atoms. The van der Waals surface area contributed by atoms with Gasteiger partial charge in [-0.05, 0) is 47.3 Å². The van der Waals surface area contributed by atoms with Gasteiger partial charge in [-0.25, -0.2) is 0 Å². The number of fused-ring (bicyclic) bond motifs is 1. The normalized spacial score (nSPS) is 33.6. The van der Waals surface area contributed by atoms with E-state index >= 15 is 0 Å². The third-order valence-corrected chi connectivity index (χ3v) is 8.42. The molecule has 0 saturated heterocycles. The second-order valence-electron chi connectivity index (χ2n) is 10.0. The van der Waals surface area contributed by atoms with Crippen molar-refractivity contribution in [1.29, 1.82) is 0 Å². The molecular formula is C24H34O3. The highest BCUT2D eigenvalue weighted by Crippen LogP contribution is 2.89. The summed E-state index contributed by atoms with van der Waals surface area (Å²) in [4.78, 5) is 12.4. The minimum absolute atomic E-state index is 0.00480. The van der Waals surface area contributed by atoms with Crippen LogP contribution < -0.4 is 4.74 Å². The monoisotopic (exact) mass is 370 g/mol. The Bertz CT molecular complexity index is 780. The fraction of sp³-hybridized carbons (Fsp3) is 0.708. The molecular weight excluding hydrogens is 336 g/mol. The van der Waals surface area contributed by atoms with Crippen LogP contribution in [0.2, 0.25) is 0 Å². The van der Waals surface area contributed by atoms with Crippen molar-refractivity contribution in [2.75, 3.05) is 7.11 Å². The van der Waals surface area contributed by atoms with Crippen molar-refractivity contribution in [2.45, 2.75) is 83.5 Å². The summed E-state index contributed by atoms with van der Waals surface area (Å²) in [6.45, 7) is 8.97. The molecule has 3 aliphatic rings. The van der Waals surface area contributed by atoms with Gasteiger partial charge in [-0.15, -0.1) is 0 Å². The zero-order chi connectivity index (χ0) is 19.6. The topological polar surface area (TPSA) is 46.5 Å². The molecule has 0 bridgehead atoms. The van der Waals surface area contributed by atoms with Gasteiger partial charge in [-0.2, -0.15) is 0 Å². The van der Waals surface area contributed by atoms with E-state index in [1.165, 1.54) is 25.7 Å². The Balaban J connectivity index is 1.66. The van der Waals surface area contributed by atoms with E-state index in [9.17, 15) is 9.90 Å². The quantitative estimate of drug-likeness (QED) is 0.613. The number of hydrogen-bond acceptors (Lipinski definition) is 3. The molecule has 4 atom stereocenters. The minimum Gasteiger partial charge on any atom is -0.507 e. The lowest BCUT2D eigenvalue weighted by atomic mass is 9.73.